The van der Waals surface area contributed by atoms with E-state index >= 15 is 0 Å². The Kier molecular flexibility index (Phi) is 4.58. The van der Waals surface area contributed by atoms with E-state index in [0.29, 0.717) is 25.1 Å². The van der Waals surface area contributed by atoms with Crippen molar-refractivity contribution in [1.29, 1.82) is 0 Å². The van der Waals surface area contributed by atoms with E-state index in [1.807, 2.05) is 61.5 Å². The summed E-state index contributed by atoms with van der Waals surface area (Å²) in [5.41, 5.74) is 2.51. The highest BCUT2D eigenvalue weighted by molar-refractivity contribution is 7.15. The molecule has 0 bridgehead atoms. The third-order valence-corrected chi connectivity index (χ3v) is 6.35. The smallest absolute Gasteiger partial charge is 0.253 e. The van der Waals surface area contributed by atoms with E-state index in [1.54, 1.807) is 16.2 Å². The summed E-state index contributed by atoms with van der Waals surface area (Å²) < 4.78 is 0. The number of benzene rings is 2. The molecule has 1 N–H and O–H groups in total. The van der Waals surface area contributed by atoms with Crippen LogP contribution in [0.1, 0.15) is 32.9 Å². The van der Waals surface area contributed by atoms with Gasteiger partial charge < -0.3 is 10.0 Å². The molecular weight excluding hydrogens is 356 g/mol. The highest BCUT2D eigenvalue weighted by Gasteiger charge is 2.39. The molecule has 1 aliphatic rings. The average molecular weight is 378 g/mol. The molecule has 2 aromatic carbocycles. The molecule has 5 heteroatoms. The molecule has 1 aromatic heterocycles. The van der Waals surface area contributed by atoms with Gasteiger partial charge in [-0.1, -0.05) is 42.5 Å². The molecule has 1 aliphatic heterocycles. The number of aliphatic hydroxyl groups is 1. The van der Waals surface area contributed by atoms with Gasteiger partial charge in [0.1, 0.15) is 10.6 Å². The molecule has 1 fully saturated rings. The molecule has 4 nitrogen and oxygen atoms in total. The summed E-state index contributed by atoms with van der Waals surface area (Å²) in [6.45, 7) is 4.92. The summed E-state index contributed by atoms with van der Waals surface area (Å²) in [6, 6.07) is 17.2. The van der Waals surface area contributed by atoms with E-state index in [4.69, 9.17) is 0 Å². The van der Waals surface area contributed by atoms with Gasteiger partial charge in [-0.2, -0.15) is 0 Å². The van der Waals surface area contributed by atoms with Crippen molar-refractivity contribution in [2.75, 3.05) is 13.1 Å². The molecule has 4 rings (SSSR count). The van der Waals surface area contributed by atoms with E-state index in [9.17, 15) is 9.90 Å². The highest BCUT2D eigenvalue weighted by Crippen LogP contribution is 2.33. The predicted molar refractivity (Wildman–Crippen MR) is 108 cm³/mol. The molecular formula is C22H22N2O2S. The number of aryl methyl sites for hydroxylation is 2. The predicted octanol–water partition coefficient (Wildman–Crippen LogP) is 4.16. The maximum absolute atomic E-state index is 13.0. The molecule has 0 aliphatic carbocycles. The van der Waals surface area contributed by atoms with Gasteiger partial charge in [-0.3, -0.25) is 4.79 Å². The van der Waals surface area contributed by atoms with Gasteiger partial charge in [-0.15, -0.1) is 11.3 Å². The average Bonchev–Trinajstić information content (AvgIpc) is 3.26. The lowest BCUT2D eigenvalue weighted by Gasteiger charge is -2.24. The summed E-state index contributed by atoms with van der Waals surface area (Å²) >= 11 is 1.64. The molecule has 138 valence electrons. The van der Waals surface area contributed by atoms with Crippen molar-refractivity contribution in [2.24, 2.45) is 0 Å². The zero-order chi connectivity index (χ0) is 19.0. The van der Waals surface area contributed by atoms with E-state index in [1.165, 1.54) is 4.88 Å². The maximum Gasteiger partial charge on any atom is 0.253 e. The molecule has 1 atom stereocenters. The van der Waals surface area contributed by atoms with Crippen LogP contribution in [0.15, 0.2) is 54.6 Å². The fourth-order valence-electron chi connectivity index (χ4n) is 3.52. The van der Waals surface area contributed by atoms with Crippen LogP contribution in [0.2, 0.25) is 0 Å². The standard InChI is InChI=1S/C22H22N2O2S/c1-15-16(2)27-20(23-15)17-7-6-8-18(13-17)21(25)24-12-11-22(26,14-24)19-9-4-3-5-10-19/h3-10,13,26H,11-12,14H2,1-2H3/t22-/m0/s1. The van der Waals surface area contributed by atoms with Gasteiger partial charge in [0.25, 0.3) is 5.91 Å². The van der Waals surface area contributed by atoms with E-state index in [-0.39, 0.29) is 5.91 Å². The van der Waals surface area contributed by atoms with Crippen LogP contribution < -0.4 is 0 Å². The minimum Gasteiger partial charge on any atom is -0.383 e. The van der Waals surface area contributed by atoms with Crippen molar-refractivity contribution < 1.29 is 9.90 Å². The molecule has 2 heterocycles. The van der Waals surface area contributed by atoms with Gasteiger partial charge in [0.2, 0.25) is 0 Å². The summed E-state index contributed by atoms with van der Waals surface area (Å²) in [4.78, 5) is 20.5. The Morgan fingerprint density at radius 2 is 1.93 bits per heavy atom. The minimum absolute atomic E-state index is 0.0475. The van der Waals surface area contributed by atoms with Gasteiger partial charge >= 0.3 is 0 Å². The maximum atomic E-state index is 13.0. The quantitative estimate of drug-likeness (QED) is 0.744. The first kappa shape index (κ1) is 17.9. The lowest BCUT2D eigenvalue weighted by molar-refractivity contribution is 0.0417. The van der Waals surface area contributed by atoms with E-state index < -0.39 is 5.60 Å². The number of β-amino-alcohol motifs (C(OH)–C–C–N with tert-alkyl or cyclic N) is 1. The Labute approximate surface area is 163 Å². The minimum atomic E-state index is -0.974. The van der Waals surface area contributed by atoms with Crippen LogP contribution in [0.4, 0.5) is 0 Å². The normalized spacial score (nSPS) is 19.4. The molecule has 0 saturated carbocycles. The molecule has 0 radical (unpaired) electrons. The van der Waals surface area contributed by atoms with Gasteiger partial charge in [0.15, 0.2) is 0 Å². The number of hydrogen-bond donors (Lipinski definition) is 1. The Morgan fingerprint density at radius 3 is 2.63 bits per heavy atom. The number of carbonyl (C=O) groups excluding carboxylic acids is 1. The molecule has 1 saturated heterocycles. The number of amides is 1. The second kappa shape index (κ2) is 6.91. The van der Waals surface area contributed by atoms with Crippen LogP contribution in [0.3, 0.4) is 0 Å². The monoisotopic (exact) mass is 378 g/mol. The highest BCUT2D eigenvalue weighted by atomic mass is 32.1. The molecule has 0 unspecified atom stereocenters. The summed E-state index contributed by atoms with van der Waals surface area (Å²) in [5.74, 6) is -0.0475. The first-order chi connectivity index (χ1) is 13.0. The molecule has 3 aromatic rings. The second-order valence-electron chi connectivity index (χ2n) is 7.12. The van der Waals surface area contributed by atoms with Crippen molar-refractivity contribution in [1.82, 2.24) is 9.88 Å². The Morgan fingerprint density at radius 1 is 1.15 bits per heavy atom. The summed E-state index contributed by atoms with van der Waals surface area (Å²) in [5, 5.41) is 11.9. The number of hydrogen-bond acceptors (Lipinski definition) is 4. The van der Waals surface area contributed by atoms with Gasteiger partial charge in [-0.25, -0.2) is 4.98 Å². The fourth-order valence-corrected chi connectivity index (χ4v) is 4.43. The number of likely N-dealkylation sites (tertiary alicyclic amines) is 1. The number of carbonyl (C=O) groups is 1. The van der Waals surface area contributed by atoms with Crippen LogP contribution in [-0.4, -0.2) is 34.0 Å². The van der Waals surface area contributed by atoms with Crippen molar-refractivity contribution in [2.45, 2.75) is 25.9 Å². The zero-order valence-electron chi connectivity index (χ0n) is 15.5. The Hall–Kier alpha value is -2.50. The lowest BCUT2D eigenvalue weighted by Crippen LogP contribution is -2.34. The van der Waals surface area contributed by atoms with E-state index in [0.717, 1.165) is 21.8 Å². The van der Waals surface area contributed by atoms with Crippen LogP contribution >= 0.6 is 11.3 Å². The summed E-state index contributed by atoms with van der Waals surface area (Å²) in [6.07, 6.45) is 0.549. The van der Waals surface area contributed by atoms with Crippen molar-refractivity contribution >= 4 is 17.2 Å². The molecule has 27 heavy (non-hydrogen) atoms. The lowest BCUT2D eigenvalue weighted by atomic mass is 9.93. The van der Waals surface area contributed by atoms with Crippen LogP contribution in [0.5, 0.6) is 0 Å². The first-order valence-electron chi connectivity index (χ1n) is 9.08. The van der Waals surface area contributed by atoms with Crippen molar-refractivity contribution in [3.05, 3.63) is 76.3 Å². The van der Waals surface area contributed by atoms with E-state index in [2.05, 4.69) is 11.9 Å². The largest absolute Gasteiger partial charge is 0.383 e. The molecule has 0 spiro atoms. The number of thiazole rings is 1. The third kappa shape index (κ3) is 3.40. The van der Waals surface area contributed by atoms with Crippen LogP contribution in [-0.2, 0) is 5.60 Å². The topological polar surface area (TPSA) is 53.4 Å². The fraction of sp³-hybridized carbons (Fsp3) is 0.273. The number of rotatable bonds is 3. The second-order valence-corrected chi connectivity index (χ2v) is 8.32. The summed E-state index contributed by atoms with van der Waals surface area (Å²) in [7, 11) is 0. The SMILES string of the molecule is Cc1nc(-c2cccc(C(=O)N3CC[C@@](O)(c4ccccc4)C3)c2)sc1C. The van der Waals surface area contributed by atoms with Crippen LogP contribution in [0, 0.1) is 13.8 Å². The first-order valence-corrected chi connectivity index (χ1v) is 9.89. The van der Waals surface area contributed by atoms with Gasteiger partial charge in [0.05, 0.1) is 12.2 Å². The Bertz CT molecular complexity index is 963. The zero-order valence-corrected chi connectivity index (χ0v) is 16.3. The Balaban J connectivity index is 1.56. The van der Waals surface area contributed by atoms with Gasteiger partial charge in [0, 0.05) is 22.5 Å². The number of aromatic nitrogens is 1. The van der Waals surface area contributed by atoms with Crippen molar-refractivity contribution in [3.63, 3.8) is 0 Å². The van der Waals surface area contributed by atoms with Crippen molar-refractivity contribution in [3.8, 4) is 10.6 Å². The molecule has 1 amide bonds. The third-order valence-electron chi connectivity index (χ3n) is 5.23. The van der Waals surface area contributed by atoms with Crippen LogP contribution in [0.25, 0.3) is 10.6 Å². The number of nitrogens with zero attached hydrogens (tertiary/aromatic N) is 2. The van der Waals surface area contributed by atoms with Gasteiger partial charge in [-0.05, 0) is 38.0 Å².